The maximum Gasteiger partial charge on any atom is 0.204 e. The van der Waals surface area contributed by atoms with Crippen molar-refractivity contribution in [1.29, 1.82) is 0 Å². The quantitative estimate of drug-likeness (QED) is 0.190. The third-order valence-electron chi connectivity index (χ3n) is 5.11. The van der Waals surface area contributed by atoms with Gasteiger partial charge in [0.1, 0.15) is 13.2 Å². The van der Waals surface area contributed by atoms with Gasteiger partial charge in [-0.3, -0.25) is 5.43 Å². The van der Waals surface area contributed by atoms with Crippen LogP contribution in [0.1, 0.15) is 16.7 Å². The van der Waals surface area contributed by atoms with Gasteiger partial charge in [0.05, 0.1) is 16.4 Å². The number of hydrogen-bond acceptors (Lipinski definition) is 6. The molecule has 0 bridgehead atoms. The van der Waals surface area contributed by atoms with Crippen molar-refractivity contribution >= 4 is 32.9 Å². The first-order chi connectivity index (χ1) is 16.8. The van der Waals surface area contributed by atoms with E-state index < -0.39 is 0 Å². The van der Waals surface area contributed by atoms with Crippen molar-refractivity contribution in [2.24, 2.45) is 5.10 Å². The zero-order valence-electron chi connectivity index (χ0n) is 18.4. The smallest absolute Gasteiger partial charge is 0.204 e. The Morgan fingerprint density at radius 1 is 0.735 bits per heavy atom. The molecule has 0 radical (unpaired) electrons. The van der Waals surface area contributed by atoms with Crippen LogP contribution in [0.5, 0.6) is 11.5 Å². The van der Waals surface area contributed by atoms with E-state index in [4.69, 9.17) is 9.47 Å². The van der Waals surface area contributed by atoms with E-state index in [9.17, 15) is 0 Å². The number of aromatic nitrogens is 1. The number of hydrogen-bond donors (Lipinski definition) is 1. The van der Waals surface area contributed by atoms with Crippen LogP contribution in [0.15, 0.2) is 108 Å². The molecule has 0 aliphatic rings. The molecule has 4 aromatic carbocycles. The first-order valence-electron chi connectivity index (χ1n) is 11.0. The predicted octanol–water partition coefficient (Wildman–Crippen LogP) is 6.90. The van der Waals surface area contributed by atoms with E-state index in [0.717, 1.165) is 32.0 Å². The predicted molar refractivity (Wildman–Crippen MR) is 139 cm³/mol. The molecule has 6 heteroatoms. The fraction of sp³-hybridized carbons (Fsp3) is 0.0714. The third-order valence-corrected chi connectivity index (χ3v) is 6.05. The van der Waals surface area contributed by atoms with Crippen molar-refractivity contribution < 1.29 is 9.47 Å². The molecule has 0 saturated heterocycles. The molecule has 0 atom stereocenters. The van der Waals surface area contributed by atoms with E-state index in [1.165, 1.54) is 0 Å². The summed E-state index contributed by atoms with van der Waals surface area (Å²) in [5, 5.41) is 5.12. The Hall–Kier alpha value is -4.16. The van der Waals surface area contributed by atoms with Crippen LogP contribution < -0.4 is 14.9 Å². The van der Waals surface area contributed by atoms with Gasteiger partial charge in [0.2, 0.25) is 5.13 Å². The van der Waals surface area contributed by atoms with Gasteiger partial charge in [0.15, 0.2) is 11.5 Å². The Bertz CT molecular complexity index is 1350. The van der Waals surface area contributed by atoms with Crippen molar-refractivity contribution in [1.82, 2.24) is 4.98 Å². The van der Waals surface area contributed by atoms with E-state index in [1.54, 1.807) is 17.6 Å². The summed E-state index contributed by atoms with van der Waals surface area (Å²) < 4.78 is 13.3. The highest BCUT2D eigenvalue weighted by Gasteiger charge is 2.08. The summed E-state index contributed by atoms with van der Waals surface area (Å²) in [5.74, 6) is 1.36. The Balaban J connectivity index is 1.31. The molecule has 0 fully saturated rings. The topological polar surface area (TPSA) is 55.7 Å². The number of fused-ring (bicyclic) bond motifs is 1. The van der Waals surface area contributed by atoms with E-state index in [2.05, 4.69) is 15.5 Å². The summed E-state index contributed by atoms with van der Waals surface area (Å²) in [4.78, 5) is 4.54. The maximum atomic E-state index is 6.14. The Kier molecular flexibility index (Phi) is 6.78. The average molecular weight is 466 g/mol. The second-order valence-corrected chi connectivity index (χ2v) is 8.64. The fourth-order valence-corrected chi connectivity index (χ4v) is 4.21. The minimum Gasteiger partial charge on any atom is -0.485 e. The molecular weight excluding hydrogens is 442 g/mol. The van der Waals surface area contributed by atoms with Crippen LogP contribution >= 0.6 is 11.3 Å². The molecule has 1 aromatic heterocycles. The molecule has 0 aliphatic carbocycles. The van der Waals surface area contributed by atoms with Crippen LogP contribution in [-0.2, 0) is 13.2 Å². The first kappa shape index (κ1) is 21.7. The molecule has 0 aliphatic heterocycles. The van der Waals surface area contributed by atoms with Gasteiger partial charge in [-0.1, -0.05) is 84.1 Å². The van der Waals surface area contributed by atoms with Gasteiger partial charge in [-0.2, -0.15) is 5.10 Å². The summed E-state index contributed by atoms with van der Waals surface area (Å²) in [6, 6.07) is 34.0. The Labute approximate surface area is 202 Å². The van der Waals surface area contributed by atoms with Crippen LogP contribution in [0.25, 0.3) is 10.2 Å². The SMILES string of the molecule is C(=N/Nc1nc2ccccc2s1)/c1ccc(OCc2ccccc2)c(OCc2ccccc2)c1. The molecule has 0 amide bonds. The minimum atomic E-state index is 0.451. The maximum absolute atomic E-state index is 6.14. The van der Waals surface area contributed by atoms with Crippen LogP contribution in [0.3, 0.4) is 0 Å². The summed E-state index contributed by atoms with van der Waals surface area (Å²) in [5.41, 5.74) is 7.07. The molecule has 34 heavy (non-hydrogen) atoms. The fourth-order valence-electron chi connectivity index (χ4n) is 3.39. The number of nitrogens with one attached hydrogen (secondary N) is 1. The standard InChI is InChI=1S/C28H23N3O2S/c1-3-9-21(10-4-1)19-32-25-16-15-23(17-26(25)33-20-22-11-5-2-6-12-22)18-29-31-28-30-24-13-7-8-14-27(24)34-28/h1-18H,19-20H2,(H,30,31)/b29-18-. The summed E-state index contributed by atoms with van der Waals surface area (Å²) >= 11 is 1.57. The number of para-hydroxylation sites is 1. The van der Waals surface area contributed by atoms with Gasteiger partial charge in [0.25, 0.3) is 0 Å². The normalized spacial score (nSPS) is 11.1. The van der Waals surface area contributed by atoms with Gasteiger partial charge in [0, 0.05) is 0 Å². The number of rotatable bonds is 9. The number of benzene rings is 4. The second-order valence-electron chi connectivity index (χ2n) is 7.61. The lowest BCUT2D eigenvalue weighted by Gasteiger charge is -2.14. The Morgan fingerprint density at radius 3 is 2.09 bits per heavy atom. The van der Waals surface area contributed by atoms with E-state index in [0.29, 0.717) is 24.7 Å². The van der Waals surface area contributed by atoms with Crippen molar-refractivity contribution in [2.75, 3.05) is 5.43 Å². The number of nitrogens with zero attached hydrogens (tertiary/aromatic N) is 2. The molecule has 5 nitrogen and oxygen atoms in total. The summed E-state index contributed by atoms with van der Waals surface area (Å²) in [6.45, 7) is 0.919. The number of anilines is 1. The van der Waals surface area contributed by atoms with Crippen molar-refractivity contribution in [3.05, 3.63) is 120 Å². The summed E-state index contributed by atoms with van der Waals surface area (Å²) in [7, 11) is 0. The van der Waals surface area contributed by atoms with Crippen molar-refractivity contribution in [2.45, 2.75) is 13.2 Å². The molecule has 1 N–H and O–H groups in total. The van der Waals surface area contributed by atoms with Gasteiger partial charge >= 0.3 is 0 Å². The lowest BCUT2D eigenvalue weighted by Crippen LogP contribution is -2.01. The highest BCUT2D eigenvalue weighted by Crippen LogP contribution is 2.30. The minimum absolute atomic E-state index is 0.451. The largest absolute Gasteiger partial charge is 0.485 e. The van der Waals surface area contributed by atoms with Gasteiger partial charge in [-0.25, -0.2) is 4.98 Å². The van der Waals surface area contributed by atoms with Crippen LogP contribution in [-0.4, -0.2) is 11.2 Å². The Morgan fingerprint density at radius 2 is 1.38 bits per heavy atom. The van der Waals surface area contributed by atoms with Crippen LogP contribution in [0.2, 0.25) is 0 Å². The molecular formula is C28H23N3O2S. The van der Waals surface area contributed by atoms with Gasteiger partial charge in [-0.05, 0) is 47.0 Å². The monoisotopic (exact) mass is 465 g/mol. The molecule has 0 spiro atoms. The first-order valence-corrected chi connectivity index (χ1v) is 11.8. The van der Waals surface area contributed by atoms with E-state index in [-0.39, 0.29) is 0 Å². The van der Waals surface area contributed by atoms with E-state index in [1.807, 2.05) is 103 Å². The van der Waals surface area contributed by atoms with Crippen LogP contribution in [0, 0.1) is 0 Å². The molecule has 5 rings (SSSR count). The average Bonchev–Trinajstić information content (AvgIpc) is 3.31. The van der Waals surface area contributed by atoms with Gasteiger partial charge < -0.3 is 9.47 Å². The zero-order valence-corrected chi connectivity index (χ0v) is 19.2. The molecule has 0 unspecified atom stereocenters. The van der Waals surface area contributed by atoms with E-state index >= 15 is 0 Å². The lowest BCUT2D eigenvalue weighted by molar-refractivity contribution is 0.256. The molecule has 1 heterocycles. The zero-order chi connectivity index (χ0) is 23.0. The lowest BCUT2D eigenvalue weighted by atomic mass is 10.2. The van der Waals surface area contributed by atoms with Crippen molar-refractivity contribution in [3.8, 4) is 11.5 Å². The number of ether oxygens (including phenoxy) is 2. The molecule has 168 valence electrons. The molecule has 5 aromatic rings. The number of thiazole rings is 1. The summed E-state index contributed by atoms with van der Waals surface area (Å²) in [6.07, 6.45) is 1.75. The number of hydrazone groups is 1. The van der Waals surface area contributed by atoms with Crippen LogP contribution in [0.4, 0.5) is 5.13 Å². The molecule has 0 saturated carbocycles. The van der Waals surface area contributed by atoms with Gasteiger partial charge in [-0.15, -0.1) is 0 Å². The third kappa shape index (κ3) is 5.60. The highest BCUT2D eigenvalue weighted by atomic mass is 32.1. The second kappa shape index (κ2) is 10.6. The van der Waals surface area contributed by atoms with Crippen molar-refractivity contribution in [3.63, 3.8) is 0 Å². The highest BCUT2D eigenvalue weighted by molar-refractivity contribution is 7.22.